The summed E-state index contributed by atoms with van der Waals surface area (Å²) in [4.78, 5) is 4.00. The molecule has 1 aromatic carbocycles. The smallest absolute Gasteiger partial charge is 0.213 e. The largest absolute Gasteiger partial charge is 0.481 e. The van der Waals surface area contributed by atoms with Gasteiger partial charge in [0, 0.05) is 31.4 Å². The molecule has 3 nitrogen and oxygen atoms in total. The SMILES string of the molecule is COc1cc(CNCc2cc(F)cc(F)c2)ccn1. The summed E-state index contributed by atoms with van der Waals surface area (Å²) >= 11 is 0. The van der Waals surface area contributed by atoms with Crippen molar-refractivity contribution in [3.63, 3.8) is 0 Å². The number of hydrogen-bond donors (Lipinski definition) is 1. The molecule has 0 aliphatic carbocycles. The number of methoxy groups -OCH3 is 1. The van der Waals surface area contributed by atoms with Crippen LogP contribution in [-0.2, 0) is 13.1 Å². The van der Waals surface area contributed by atoms with Gasteiger partial charge in [0.25, 0.3) is 0 Å². The molecule has 0 bridgehead atoms. The first kappa shape index (κ1) is 13.4. The minimum Gasteiger partial charge on any atom is -0.481 e. The predicted octanol–water partition coefficient (Wildman–Crippen LogP) is 2.66. The Morgan fingerprint density at radius 2 is 1.74 bits per heavy atom. The van der Waals surface area contributed by atoms with Gasteiger partial charge in [-0.3, -0.25) is 0 Å². The molecule has 0 spiro atoms. The first-order valence-corrected chi connectivity index (χ1v) is 5.82. The van der Waals surface area contributed by atoms with E-state index in [-0.39, 0.29) is 0 Å². The van der Waals surface area contributed by atoms with Gasteiger partial charge in [0.05, 0.1) is 7.11 Å². The molecule has 5 heteroatoms. The predicted molar refractivity (Wildman–Crippen MR) is 67.7 cm³/mol. The first-order chi connectivity index (χ1) is 9.17. The highest BCUT2D eigenvalue weighted by Gasteiger charge is 2.01. The standard InChI is InChI=1S/C14H14F2N2O/c1-19-14-6-10(2-3-18-14)8-17-9-11-4-12(15)7-13(16)5-11/h2-7,17H,8-9H2,1H3. The van der Waals surface area contributed by atoms with Crippen LogP contribution in [0.25, 0.3) is 0 Å². The van der Waals surface area contributed by atoms with E-state index < -0.39 is 11.6 Å². The van der Waals surface area contributed by atoms with Crippen molar-refractivity contribution in [1.82, 2.24) is 10.3 Å². The average molecular weight is 264 g/mol. The summed E-state index contributed by atoms with van der Waals surface area (Å²) in [6.07, 6.45) is 1.65. The fourth-order valence-electron chi connectivity index (χ4n) is 1.74. The molecule has 2 rings (SSSR count). The molecule has 0 aliphatic heterocycles. The normalized spacial score (nSPS) is 10.5. The number of hydrogen-bond acceptors (Lipinski definition) is 3. The summed E-state index contributed by atoms with van der Waals surface area (Å²) in [5.74, 6) is -0.596. The Balaban J connectivity index is 1.92. The Bertz CT molecular complexity index is 541. The lowest BCUT2D eigenvalue weighted by atomic mass is 10.2. The summed E-state index contributed by atoms with van der Waals surface area (Å²) in [6.45, 7) is 0.955. The van der Waals surface area contributed by atoms with Crippen LogP contribution in [0, 0.1) is 11.6 Å². The first-order valence-electron chi connectivity index (χ1n) is 5.82. The third-order valence-corrected chi connectivity index (χ3v) is 2.59. The molecule has 0 saturated carbocycles. The van der Waals surface area contributed by atoms with Crippen LogP contribution < -0.4 is 10.1 Å². The van der Waals surface area contributed by atoms with E-state index in [1.54, 1.807) is 19.4 Å². The van der Waals surface area contributed by atoms with Gasteiger partial charge in [-0.25, -0.2) is 13.8 Å². The van der Waals surface area contributed by atoms with E-state index in [4.69, 9.17) is 4.74 Å². The van der Waals surface area contributed by atoms with Crippen molar-refractivity contribution >= 4 is 0 Å². The van der Waals surface area contributed by atoms with Crippen molar-refractivity contribution in [1.29, 1.82) is 0 Å². The minimum atomic E-state index is -0.567. The highest BCUT2D eigenvalue weighted by Crippen LogP contribution is 2.10. The topological polar surface area (TPSA) is 34.1 Å². The minimum absolute atomic E-state index is 0.388. The van der Waals surface area contributed by atoms with Gasteiger partial charge >= 0.3 is 0 Å². The van der Waals surface area contributed by atoms with Crippen molar-refractivity contribution < 1.29 is 13.5 Å². The number of halogens is 2. The number of nitrogens with one attached hydrogen (secondary N) is 1. The van der Waals surface area contributed by atoms with Crippen LogP contribution in [0.3, 0.4) is 0 Å². The van der Waals surface area contributed by atoms with Crippen LogP contribution in [0.4, 0.5) is 8.78 Å². The molecule has 19 heavy (non-hydrogen) atoms. The molecule has 0 saturated heterocycles. The molecule has 0 aliphatic rings. The summed E-state index contributed by atoms with van der Waals surface area (Å²) in [5.41, 5.74) is 1.56. The van der Waals surface area contributed by atoms with Crippen LogP contribution in [0.2, 0.25) is 0 Å². The lowest BCUT2D eigenvalue weighted by Gasteiger charge is -2.06. The summed E-state index contributed by atoms with van der Waals surface area (Å²) in [7, 11) is 1.55. The van der Waals surface area contributed by atoms with E-state index in [1.165, 1.54) is 12.1 Å². The Kier molecular flexibility index (Phi) is 4.41. The van der Waals surface area contributed by atoms with E-state index in [0.717, 1.165) is 11.6 Å². The Morgan fingerprint density at radius 1 is 1.05 bits per heavy atom. The summed E-state index contributed by atoms with van der Waals surface area (Å²) in [6, 6.07) is 7.13. The molecule has 2 aromatic rings. The Labute approximate surface area is 110 Å². The average Bonchev–Trinajstić information content (AvgIpc) is 2.38. The molecular weight excluding hydrogens is 250 g/mol. The molecule has 1 N–H and O–H groups in total. The molecule has 0 unspecified atom stereocenters. The highest BCUT2D eigenvalue weighted by molar-refractivity contribution is 5.21. The molecular formula is C14H14F2N2O. The molecule has 1 heterocycles. The summed E-state index contributed by atoms with van der Waals surface area (Å²) in [5, 5.41) is 3.11. The van der Waals surface area contributed by atoms with Gasteiger partial charge in [-0.15, -0.1) is 0 Å². The van der Waals surface area contributed by atoms with Gasteiger partial charge in [0.15, 0.2) is 0 Å². The maximum atomic E-state index is 13.0. The van der Waals surface area contributed by atoms with E-state index >= 15 is 0 Å². The molecule has 0 fully saturated rings. The van der Waals surface area contributed by atoms with Crippen LogP contribution in [0.1, 0.15) is 11.1 Å². The quantitative estimate of drug-likeness (QED) is 0.901. The third-order valence-electron chi connectivity index (χ3n) is 2.59. The number of benzene rings is 1. The van der Waals surface area contributed by atoms with Crippen molar-refractivity contribution in [2.24, 2.45) is 0 Å². The second-order valence-electron chi connectivity index (χ2n) is 4.09. The fourth-order valence-corrected chi connectivity index (χ4v) is 1.74. The molecule has 0 atom stereocenters. The Hall–Kier alpha value is -2.01. The monoisotopic (exact) mass is 264 g/mol. The van der Waals surface area contributed by atoms with Crippen LogP contribution in [0.15, 0.2) is 36.5 Å². The van der Waals surface area contributed by atoms with Crippen molar-refractivity contribution in [2.75, 3.05) is 7.11 Å². The number of pyridine rings is 1. The van der Waals surface area contributed by atoms with Gasteiger partial charge in [0.1, 0.15) is 11.6 Å². The zero-order valence-electron chi connectivity index (χ0n) is 10.5. The van der Waals surface area contributed by atoms with Crippen molar-refractivity contribution in [3.05, 3.63) is 59.3 Å². The highest BCUT2D eigenvalue weighted by atomic mass is 19.1. The maximum Gasteiger partial charge on any atom is 0.213 e. The van der Waals surface area contributed by atoms with Gasteiger partial charge in [-0.05, 0) is 29.3 Å². The van der Waals surface area contributed by atoms with E-state index in [1.807, 2.05) is 6.07 Å². The zero-order chi connectivity index (χ0) is 13.7. The van der Waals surface area contributed by atoms with Crippen molar-refractivity contribution in [2.45, 2.75) is 13.1 Å². The van der Waals surface area contributed by atoms with Crippen LogP contribution in [0.5, 0.6) is 5.88 Å². The van der Waals surface area contributed by atoms with E-state index in [9.17, 15) is 8.78 Å². The second-order valence-corrected chi connectivity index (χ2v) is 4.09. The van der Waals surface area contributed by atoms with Gasteiger partial charge < -0.3 is 10.1 Å². The number of ether oxygens (including phenoxy) is 1. The lowest BCUT2D eigenvalue weighted by Crippen LogP contribution is -2.13. The fraction of sp³-hybridized carbons (Fsp3) is 0.214. The van der Waals surface area contributed by atoms with Crippen molar-refractivity contribution in [3.8, 4) is 5.88 Å². The van der Waals surface area contributed by atoms with E-state index in [2.05, 4.69) is 10.3 Å². The van der Waals surface area contributed by atoms with Crippen LogP contribution >= 0.6 is 0 Å². The lowest BCUT2D eigenvalue weighted by molar-refractivity contribution is 0.397. The maximum absolute atomic E-state index is 13.0. The Morgan fingerprint density at radius 3 is 2.42 bits per heavy atom. The van der Waals surface area contributed by atoms with Crippen LogP contribution in [-0.4, -0.2) is 12.1 Å². The zero-order valence-corrected chi connectivity index (χ0v) is 10.5. The van der Waals surface area contributed by atoms with E-state index in [0.29, 0.717) is 24.5 Å². The molecule has 1 aromatic heterocycles. The number of aromatic nitrogens is 1. The third kappa shape index (κ3) is 3.99. The van der Waals surface area contributed by atoms with Gasteiger partial charge in [-0.2, -0.15) is 0 Å². The molecule has 0 amide bonds. The van der Waals surface area contributed by atoms with Gasteiger partial charge in [0.2, 0.25) is 5.88 Å². The van der Waals surface area contributed by atoms with Gasteiger partial charge in [-0.1, -0.05) is 0 Å². The molecule has 100 valence electrons. The second kappa shape index (κ2) is 6.24. The summed E-state index contributed by atoms with van der Waals surface area (Å²) < 4.78 is 31.0. The number of nitrogens with zero attached hydrogens (tertiary/aromatic N) is 1. The number of rotatable bonds is 5. The molecule has 0 radical (unpaired) electrons.